The third-order valence-electron chi connectivity index (χ3n) is 3.10. The number of hydrogen-bond acceptors (Lipinski definition) is 0. The van der Waals surface area contributed by atoms with Gasteiger partial charge in [0, 0.05) is 0 Å². The van der Waals surface area contributed by atoms with Crippen molar-refractivity contribution in [2.24, 2.45) is 0 Å². The van der Waals surface area contributed by atoms with E-state index in [1.807, 2.05) is 0 Å². The third-order valence-corrected chi connectivity index (χ3v) is 3.10. The minimum absolute atomic E-state index is 0.303. The molecule has 0 aliphatic carbocycles. The van der Waals surface area contributed by atoms with E-state index < -0.39 is 54.3 Å². The summed E-state index contributed by atoms with van der Waals surface area (Å²) in [6.45, 7) is 0.303. The molecule has 0 radical (unpaired) electrons. The monoisotopic (exact) mass is 430 g/mol. The van der Waals surface area contributed by atoms with Crippen molar-refractivity contribution in [1.82, 2.24) is 0 Å². The molecule has 0 fully saturated rings. The van der Waals surface area contributed by atoms with Crippen molar-refractivity contribution in [2.75, 3.05) is 0 Å². The zero-order valence-corrected chi connectivity index (χ0v) is 11.8. The van der Waals surface area contributed by atoms with E-state index >= 15 is 0 Å². The molecule has 0 aromatic carbocycles. The summed E-state index contributed by atoms with van der Waals surface area (Å²) in [5.41, 5.74) is 0. The smallest absolute Gasteiger partial charge is 0.241 e. The van der Waals surface area contributed by atoms with Crippen molar-refractivity contribution in [3.8, 4) is 0 Å². The fraction of sp³-hybridized carbons (Fsp3) is 1.00. The van der Waals surface area contributed by atoms with Gasteiger partial charge >= 0.3 is 41.7 Å². The van der Waals surface area contributed by atoms with Gasteiger partial charge in [0.15, 0.2) is 6.17 Å². The molecular weight excluding hydrogens is 424 g/mol. The summed E-state index contributed by atoms with van der Waals surface area (Å²) in [5, 5.41) is 0. The molecule has 0 aromatic heterocycles. The van der Waals surface area contributed by atoms with Gasteiger partial charge in [-0.1, -0.05) is 6.92 Å². The predicted octanol–water partition coefficient (Wildman–Crippen LogP) is 6.11. The van der Waals surface area contributed by atoms with Crippen LogP contribution in [0.5, 0.6) is 0 Å². The molecular formula is C10H6F16. The van der Waals surface area contributed by atoms with Crippen LogP contribution in [0.2, 0.25) is 0 Å². The zero-order valence-electron chi connectivity index (χ0n) is 11.8. The highest BCUT2D eigenvalue weighted by Gasteiger charge is 2.93. The van der Waals surface area contributed by atoms with Crippen LogP contribution in [0, 0.1) is 0 Å². The van der Waals surface area contributed by atoms with Crippen LogP contribution < -0.4 is 0 Å². The first-order valence-corrected chi connectivity index (χ1v) is 5.96. The highest BCUT2D eigenvalue weighted by Crippen LogP contribution is 2.62. The molecule has 0 aromatic rings. The van der Waals surface area contributed by atoms with E-state index in [0.717, 1.165) is 0 Å². The standard InChI is InChI=1S/C10H6F16/c1-2-3(11)4(12,13)5(14,15)6(16,17)7(18,19)8(20,21)9(22,23)10(24,25)26/h3H,2H2,1H3. The molecule has 0 amide bonds. The molecule has 26 heavy (non-hydrogen) atoms. The lowest BCUT2D eigenvalue weighted by molar-refractivity contribution is -0.454. The van der Waals surface area contributed by atoms with Gasteiger partial charge in [0.05, 0.1) is 0 Å². The number of alkyl halides is 16. The van der Waals surface area contributed by atoms with Crippen molar-refractivity contribution >= 4 is 0 Å². The highest BCUT2D eigenvalue weighted by atomic mass is 19.4. The van der Waals surface area contributed by atoms with Crippen LogP contribution in [0.15, 0.2) is 0 Å². The lowest BCUT2D eigenvalue weighted by atomic mass is 9.89. The van der Waals surface area contributed by atoms with Crippen molar-refractivity contribution in [3.05, 3.63) is 0 Å². The maximum atomic E-state index is 13.1. The fourth-order valence-corrected chi connectivity index (χ4v) is 1.43. The highest BCUT2D eigenvalue weighted by molar-refractivity contribution is 5.13. The van der Waals surface area contributed by atoms with Crippen LogP contribution in [-0.2, 0) is 0 Å². The van der Waals surface area contributed by atoms with Gasteiger partial charge in [-0.2, -0.15) is 65.9 Å². The molecule has 0 heterocycles. The predicted molar refractivity (Wildman–Crippen MR) is 50.9 cm³/mol. The number of hydrogen-bond donors (Lipinski definition) is 0. The molecule has 0 aliphatic rings. The summed E-state index contributed by atoms with van der Waals surface area (Å²) in [6, 6.07) is 0. The molecule has 0 aliphatic heterocycles. The Hall–Kier alpha value is -1.12. The number of halogens is 16. The minimum Gasteiger partial charge on any atom is -0.241 e. The first kappa shape index (κ1) is 24.9. The van der Waals surface area contributed by atoms with Gasteiger partial charge in [0.2, 0.25) is 0 Å². The molecule has 0 nitrogen and oxygen atoms in total. The Bertz CT molecular complexity index is 500. The Balaban J connectivity index is 6.51. The quantitative estimate of drug-likeness (QED) is 0.428. The van der Waals surface area contributed by atoms with Crippen LogP contribution in [0.3, 0.4) is 0 Å². The second kappa shape index (κ2) is 6.21. The van der Waals surface area contributed by atoms with E-state index in [0.29, 0.717) is 6.92 Å². The third kappa shape index (κ3) is 2.96. The largest absolute Gasteiger partial charge is 0.460 e. The minimum atomic E-state index is -8.38. The van der Waals surface area contributed by atoms with E-state index in [1.54, 1.807) is 0 Å². The fourth-order valence-electron chi connectivity index (χ4n) is 1.43. The van der Waals surface area contributed by atoms with E-state index in [4.69, 9.17) is 0 Å². The molecule has 0 saturated heterocycles. The summed E-state index contributed by atoms with van der Waals surface area (Å²) in [6.07, 6.45) is -13.8. The van der Waals surface area contributed by atoms with E-state index in [1.165, 1.54) is 0 Å². The molecule has 1 atom stereocenters. The maximum absolute atomic E-state index is 13.1. The molecule has 0 spiro atoms. The molecule has 16 heteroatoms. The van der Waals surface area contributed by atoms with E-state index in [-0.39, 0.29) is 0 Å². The Labute approximate surface area is 133 Å². The van der Waals surface area contributed by atoms with Crippen molar-refractivity contribution in [2.45, 2.75) is 61.2 Å². The topological polar surface area (TPSA) is 0 Å². The van der Waals surface area contributed by atoms with Gasteiger partial charge < -0.3 is 0 Å². The molecule has 158 valence electrons. The Morgan fingerprint density at radius 2 is 0.769 bits per heavy atom. The Kier molecular flexibility index (Phi) is 5.94. The molecule has 0 bridgehead atoms. The summed E-state index contributed by atoms with van der Waals surface area (Å²) < 4.78 is 203. The summed E-state index contributed by atoms with van der Waals surface area (Å²) in [5.74, 6) is -47.5. The Morgan fingerprint density at radius 1 is 0.500 bits per heavy atom. The SMILES string of the molecule is CCC(F)C(F)(F)C(F)(F)C(F)(F)C(F)(F)C(F)(F)C(F)(F)C(F)(F)F. The molecule has 0 saturated carbocycles. The maximum Gasteiger partial charge on any atom is 0.460 e. The second-order valence-electron chi connectivity index (χ2n) is 4.87. The van der Waals surface area contributed by atoms with E-state index in [2.05, 4.69) is 0 Å². The van der Waals surface area contributed by atoms with Crippen molar-refractivity contribution in [3.63, 3.8) is 0 Å². The molecule has 0 rings (SSSR count). The molecule has 0 N–H and O–H groups in total. The van der Waals surface area contributed by atoms with Crippen LogP contribution >= 0.6 is 0 Å². The van der Waals surface area contributed by atoms with Crippen LogP contribution in [0.4, 0.5) is 70.2 Å². The van der Waals surface area contributed by atoms with Crippen LogP contribution in [0.1, 0.15) is 13.3 Å². The van der Waals surface area contributed by atoms with Gasteiger partial charge in [-0.15, -0.1) is 0 Å². The van der Waals surface area contributed by atoms with Gasteiger partial charge in [-0.25, -0.2) is 4.39 Å². The normalized spacial score (nSPS) is 17.4. The van der Waals surface area contributed by atoms with Crippen molar-refractivity contribution in [1.29, 1.82) is 0 Å². The lowest BCUT2D eigenvalue weighted by Gasteiger charge is -2.41. The summed E-state index contributed by atoms with van der Waals surface area (Å²) in [7, 11) is 0. The van der Waals surface area contributed by atoms with E-state index in [9.17, 15) is 70.2 Å². The lowest BCUT2D eigenvalue weighted by Crippen LogP contribution is -2.73. The summed E-state index contributed by atoms with van der Waals surface area (Å²) in [4.78, 5) is 0. The van der Waals surface area contributed by atoms with Crippen molar-refractivity contribution < 1.29 is 70.2 Å². The van der Waals surface area contributed by atoms with Crippen LogP contribution in [-0.4, -0.2) is 47.9 Å². The van der Waals surface area contributed by atoms with Gasteiger partial charge in [0.25, 0.3) is 0 Å². The average Bonchev–Trinajstić information content (AvgIpc) is 2.43. The first-order chi connectivity index (χ1) is 11.0. The first-order valence-electron chi connectivity index (χ1n) is 5.96. The Morgan fingerprint density at radius 3 is 1.04 bits per heavy atom. The second-order valence-corrected chi connectivity index (χ2v) is 4.87. The zero-order chi connectivity index (χ0) is 21.8. The average molecular weight is 430 g/mol. The molecule has 1 unspecified atom stereocenters. The van der Waals surface area contributed by atoms with Gasteiger partial charge in [0.1, 0.15) is 0 Å². The van der Waals surface area contributed by atoms with Crippen LogP contribution in [0.25, 0.3) is 0 Å². The number of rotatable bonds is 7. The summed E-state index contributed by atoms with van der Waals surface area (Å²) >= 11 is 0. The van der Waals surface area contributed by atoms with Gasteiger partial charge in [-0.3, -0.25) is 0 Å². The van der Waals surface area contributed by atoms with Gasteiger partial charge in [-0.05, 0) is 6.42 Å².